The summed E-state index contributed by atoms with van der Waals surface area (Å²) in [6, 6.07) is 4.54. The third-order valence-corrected chi connectivity index (χ3v) is 4.31. The van der Waals surface area contributed by atoms with Crippen LogP contribution in [0.1, 0.15) is 29.6 Å². The molecule has 120 valence electrons. The van der Waals surface area contributed by atoms with Crippen LogP contribution in [0.4, 0.5) is 0 Å². The molecule has 7 heteroatoms. The van der Waals surface area contributed by atoms with Gasteiger partial charge in [-0.3, -0.25) is 9.59 Å². The highest BCUT2D eigenvalue weighted by Gasteiger charge is 2.25. The molecule has 1 saturated carbocycles. The molecule has 5 nitrogen and oxygen atoms in total. The molecule has 3 N–H and O–H groups in total. The van der Waals surface area contributed by atoms with E-state index in [0.29, 0.717) is 11.6 Å². The van der Waals surface area contributed by atoms with Crippen LogP contribution in [0, 0.1) is 5.92 Å². The first-order valence-electron chi connectivity index (χ1n) is 7.15. The van der Waals surface area contributed by atoms with Crippen LogP contribution in [0.5, 0.6) is 0 Å². The van der Waals surface area contributed by atoms with Crippen molar-refractivity contribution in [2.75, 3.05) is 13.1 Å². The summed E-state index contributed by atoms with van der Waals surface area (Å²) in [5.41, 5.74) is 0.269. The van der Waals surface area contributed by atoms with Crippen LogP contribution in [-0.4, -0.2) is 36.1 Å². The lowest BCUT2D eigenvalue weighted by Crippen LogP contribution is -2.40. The van der Waals surface area contributed by atoms with Gasteiger partial charge in [0.1, 0.15) is 0 Å². The summed E-state index contributed by atoms with van der Waals surface area (Å²) in [7, 11) is 0. The van der Waals surface area contributed by atoms with Gasteiger partial charge in [-0.05, 0) is 31.0 Å². The molecule has 1 aliphatic carbocycles. The zero-order chi connectivity index (χ0) is 16.1. The quantitative estimate of drug-likeness (QED) is 0.764. The standard InChI is InChI=1S/C15H18Cl2N2O3/c16-10-4-5-11(12(17)6-10)15(22)19-8-14(21)18-7-9-2-1-3-13(9)20/h4-6,9,13,20H,1-3,7-8H2,(H,18,21)(H,19,22)/t9-,13-/m0/s1. The number of halogens is 2. The molecule has 2 amide bonds. The number of aliphatic hydroxyl groups excluding tert-OH is 1. The number of amides is 2. The monoisotopic (exact) mass is 344 g/mol. The van der Waals surface area contributed by atoms with Gasteiger partial charge in [-0.15, -0.1) is 0 Å². The van der Waals surface area contributed by atoms with Crippen LogP contribution in [0.25, 0.3) is 0 Å². The fraction of sp³-hybridized carbons (Fsp3) is 0.467. The second-order valence-corrected chi connectivity index (χ2v) is 6.21. The van der Waals surface area contributed by atoms with Gasteiger partial charge in [-0.2, -0.15) is 0 Å². The van der Waals surface area contributed by atoms with Crippen LogP contribution in [0.3, 0.4) is 0 Å². The highest BCUT2D eigenvalue weighted by atomic mass is 35.5. The van der Waals surface area contributed by atoms with Gasteiger partial charge in [0.25, 0.3) is 5.91 Å². The maximum absolute atomic E-state index is 11.9. The van der Waals surface area contributed by atoms with Crippen molar-refractivity contribution in [3.8, 4) is 0 Å². The summed E-state index contributed by atoms with van der Waals surface area (Å²) >= 11 is 11.7. The molecule has 0 heterocycles. The second-order valence-electron chi connectivity index (χ2n) is 5.37. The topological polar surface area (TPSA) is 78.4 Å². The van der Waals surface area contributed by atoms with Gasteiger partial charge in [-0.1, -0.05) is 29.6 Å². The first-order valence-corrected chi connectivity index (χ1v) is 7.91. The molecular weight excluding hydrogens is 327 g/mol. The Morgan fingerprint density at radius 3 is 2.64 bits per heavy atom. The second kappa shape index (κ2) is 7.81. The third kappa shape index (κ3) is 4.60. The van der Waals surface area contributed by atoms with E-state index in [2.05, 4.69) is 10.6 Å². The van der Waals surface area contributed by atoms with Gasteiger partial charge < -0.3 is 15.7 Å². The maximum Gasteiger partial charge on any atom is 0.253 e. The molecule has 1 fully saturated rings. The number of hydrogen-bond acceptors (Lipinski definition) is 3. The van der Waals surface area contributed by atoms with Crippen LogP contribution < -0.4 is 10.6 Å². The zero-order valence-corrected chi connectivity index (χ0v) is 13.5. The molecule has 0 aliphatic heterocycles. The van der Waals surface area contributed by atoms with Crippen LogP contribution >= 0.6 is 23.2 Å². The summed E-state index contributed by atoms with van der Waals surface area (Å²) in [4.78, 5) is 23.7. The SMILES string of the molecule is O=C(CNC(=O)c1ccc(Cl)cc1Cl)NC[C@@H]1CCC[C@@H]1O. The van der Waals surface area contributed by atoms with Crippen molar-refractivity contribution in [2.24, 2.45) is 5.92 Å². The lowest BCUT2D eigenvalue weighted by molar-refractivity contribution is -0.120. The van der Waals surface area contributed by atoms with E-state index in [4.69, 9.17) is 23.2 Å². The van der Waals surface area contributed by atoms with E-state index < -0.39 is 5.91 Å². The van der Waals surface area contributed by atoms with Crippen molar-refractivity contribution in [1.82, 2.24) is 10.6 Å². The average molecular weight is 345 g/mol. The van der Waals surface area contributed by atoms with Gasteiger partial charge >= 0.3 is 0 Å². The Kier molecular flexibility index (Phi) is 6.06. The van der Waals surface area contributed by atoms with Gasteiger partial charge in [0, 0.05) is 17.5 Å². The molecule has 0 unspecified atom stereocenters. The number of nitrogens with one attached hydrogen (secondary N) is 2. The van der Waals surface area contributed by atoms with E-state index in [1.54, 1.807) is 6.07 Å². The number of benzene rings is 1. The van der Waals surface area contributed by atoms with Crippen molar-refractivity contribution in [3.05, 3.63) is 33.8 Å². The Morgan fingerprint density at radius 1 is 1.23 bits per heavy atom. The fourth-order valence-electron chi connectivity index (χ4n) is 2.49. The molecule has 0 radical (unpaired) electrons. The van der Waals surface area contributed by atoms with Crippen LogP contribution in [-0.2, 0) is 4.79 Å². The minimum absolute atomic E-state index is 0.102. The lowest BCUT2D eigenvalue weighted by atomic mass is 10.1. The Balaban J connectivity index is 1.77. The van der Waals surface area contributed by atoms with E-state index in [0.717, 1.165) is 19.3 Å². The Hall–Kier alpha value is -1.30. The largest absolute Gasteiger partial charge is 0.393 e. The predicted molar refractivity (Wildman–Crippen MR) is 85.2 cm³/mol. The normalized spacial score (nSPS) is 20.7. The minimum atomic E-state index is -0.433. The summed E-state index contributed by atoms with van der Waals surface area (Å²) in [5.74, 6) is -0.624. The van der Waals surface area contributed by atoms with E-state index >= 15 is 0 Å². The average Bonchev–Trinajstić information content (AvgIpc) is 2.88. The molecule has 2 atom stereocenters. The van der Waals surface area contributed by atoms with Crippen LogP contribution in [0.15, 0.2) is 18.2 Å². The third-order valence-electron chi connectivity index (χ3n) is 3.77. The smallest absolute Gasteiger partial charge is 0.253 e. The van der Waals surface area contributed by atoms with Gasteiger partial charge in [-0.25, -0.2) is 0 Å². The Morgan fingerprint density at radius 2 is 2.00 bits per heavy atom. The first kappa shape index (κ1) is 17.1. The van der Waals surface area contributed by atoms with Crippen molar-refractivity contribution in [1.29, 1.82) is 0 Å². The van der Waals surface area contributed by atoms with E-state index in [1.165, 1.54) is 12.1 Å². The highest BCUT2D eigenvalue weighted by molar-refractivity contribution is 6.36. The maximum atomic E-state index is 11.9. The molecule has 1 aliphatic rings. The Bertz CT molecular complexity index is 566. The van der Waals surface area contributed by atoms with Crippen molar-refractivity contribution < 1.29 is 14.7 Å². The zero-order valence-electron chi connectivity index (χ0n) is 11.9. The summed E-state index contributed by atoms with van der Waals surface area (Å²) in [6.45, 7) is 0.290. The lowest BCUT2D eigenvalue weighted by Gasteiger charge is -2.15. The molecule has 1 aromatic rings. The minimum Gasteiger partial charge on any atom is -0.393 e. The van der Waals surface area contributed by atoms with E-state index in [-0.39, 0.29) is 35.1 Å². The highest BCUT2D eigenvalue weighted by Crippen LogP contribution is 2.24. The number of hydrogen-bond donors (Lipinski definition) is 3. The predicted octanol–water partition coefficient (Wildman–Crippen LogP) is 2.00. The van der Waals surface area contributed by atoms with Crippen molar-refractivity contribution >= 4 is 35.0 Å². The summed E-state index contributed by atoms with van der Waals surface area (Å²) in [6.07, 6.45) is 2.33. The summed E-state index contributed by atoms with van der Waals surface area (Å²) in [5, 5.41) is 15.6. The van der Waals surface area contributed by atoms with Gasteiger partial charge in [0.15, 0.2) is 0 Å². The molecule has 0 spiro atoms. The Labute approximate surface area is 139 Å². The fourth-order valence-corrected chi connectivity index (χ4v) is 2.99. The van der Waals surface area contributed by atoms with Crippen molar-refractivity contribution in [3.63, 3.8) is 0 Å². The number of aliphatic hydroxyl groups is 1. The molecule has 22 heavy (non-hydrogen) atoms. The van der Waals surface area contributed by atoms with Gasteiger partial charge in [0.05, 0.1) is 23.2 Å². The number of carbonyl (C=O) groups is 2. The van der Waals surface area contributed by atoms with E-state index in [1.807, 2.05) is 0 Å². The molecule has 0 aromatic heterocycles. The molecule has 0 saturated heterocycles. The number of carbonyl (C=O) groups excluding carboxylic acids is 2. The van der Waals surface area contributed by atoms with Crippen molar-refractivity contribution in [2.45, 2.75) is 25.4 Å². The van der Waals surface area contributed by atoms with Gasteiger partial charge in [0.2, 0.25) is 5.91 Å². The van der Waals surface area contributed by atoms with Crippen LogP contribution in [0.2, 0.25) is 10.0 Å². The summed E-state index contributed by atoms with van der Waals surface area (Å²) < 4.78 is 0. The first-order chi connectivity index (χ1) is 10.5. The molecule has 1 aromatic carbocycles. The molecular formula is C15H18Cl2N2O3. The molecule has 0 bridgehead atoms. The van der Waals surface area contributed by atoms with E-state index in [9.17, 15) is 14.7 Å². The number of rotatable bonds is 5. The molecule has 2 rings (SSSR count).